The number of imide groups is 1. The van der Waals surface area contributed by atoms with E-state index in [2.05, 4.69) is 27.9 Å². The standard InChI is InChI=1S/C24H19IN2O3S/c1-15-2-4-16(5-3-15)23(29)26-18-8-12-20(13-9-18)31-21-14-22(28)27(24(21)30)19-10-6-17(25)7-11-19/h2-13,21H,14H2,1H3,(H,26,29). The fourth-order valence-corrected chi connectivity index (χ4v) is 4.66. The van der Waals surface area contributed by atoms with Gasteiger partial charge in [-0.25, -0.2) is 4.90 Å². The number of rotatable bonds is 5. The lowest BCUT2D eigenvalue weighted by atomic mass is 10.1. The molecule has 4 rings (SSSR count). The van der Waals surface area contributed by atoms with Gasteiger partial charge in [0.2, 0.25) is 11.8 Å². The molecule has 1 heterocycles. The van der Waals surface area contributed by atoms with Crippen LogP contribution in [0.2, 0.25) is 0 Å². The molecule has 1 N–H and O–H groups in total. The maximum absolute atomic E-state index is 12.8. The van der Waals surface area contributed by atoms with E-state index in [4.69, 9.17) is 0 Å². The van der Waals surface area contributed by atoms with Crippen molar-refractivity contribution in [2.45, 2.75) is 23.5 Å². The Morgan fingerprint density at radius 2 is 1.61 bits per heavy atom. The van der Waals surface area contributed by atoms with E-state index in [9.17, 15) is 14.4 Å². The van der Waals surface area contributed by atoms with Gasteiger partial charge in [0.1, 0.15) is 0 Å². The maximum Gasteiger partial charge on any atom is 0.255 e. The minimum atomic E-state index is -0.459. The molecule has 7 heteroatoms. The van der Waals surface area contributed by atoms with Gasteiger partial charge in [-0.05, 0) is 90.2 Å². The Bertz CT molecular complexity index is 1130. The van der Waals surface area contributed by atoms with Gasteiger partial charge in [0.25, 0.3) is 5.91 Å². The topological polar surface area (TPSA) is 66.5 Å². The molecule has 1 aliphatic rings. The molecule has 3 aromatic rings. The van der Waals surface area contributed by atoms with Gasteiger partial charge in [-0.2, -0.15) is 0 Å². The van der Waals surface area contributed by atoms with Crippen molar-refractivity contribution in [3.63, 3.8) is 0 Å². The van der Waals surface area contributed by atoms with Crippen LogP contribution in [0.25, 0.3) is 0 Å². The number of aryl methyl sites for hydroxylation is 1. The van der Waals surface area contributed by atoms with Crippen molar-refractivity contribution >= 4 is 63.4 Å². The van der Waals surface area contributed by atoms with E-state index in [1.54, 1.807) is 36.4 Å². The molecule has 0 saturated carbocycles. The third kappa shape index (κ3) is 4.99. The average molecular weight is 542 g/mol. The van der Waals surface area contributed by atoms with Crippen molar-refractivity contribution in [1.82, 2.24) is 0 Å². The lowest BCUT2D eigenvalue weighted by molar-refractivity contribution is -0.121. The maximum atomic E-state index is 12.8. The highest BCUT2D eigenvalue weighted by atomic mass is 127. The number of anilines is 2. The van der Waals surface area contributed by atoms with Crippen LogP contribution in [0.1, 0.15) is 22.3 Å². The predicted molar refractivity (Wildman–Crippen MR) is 131 cm³/mol. The van der Waals surface area contributed by atoms with E-state index < -0.39 is 5.25 Å². The van der Waals surface area contributed by atoms with Gasteiger partial charge in [-0.15, -0.1) is 11.8 Å². The summed E-state index contributed by atoms with van der Waals surface area (Å²) in [5.41, 5.74) is 2.96. The third-order valence-corrected chi connectivity index (χ3v) is 6.81. The van der Waals surface area contributed by atoms with Gasteiger partial charge >= 0.3 is 0 Å². The van der Waals surface area contributed by atoms with Crippen LogP contribution < -0.4 is 10.2 Å². The molecular weight excluding hydrogens is 523 g/mol. The second kappa shape index (κ2) is 9.23. The van der Waals surface area contributed by atoms with Crippen molar-refractivity contribution in [3.8, 4) is 0 Å². The first-order valence-electron chi connectivity index (χ1n) is 9.68. The van der Waals surface area contributed by atoms with Gasteiger partial charge in [-0.3, -0.25) is 14.4 Å². The Kier molecular flexibility index (Phi) is 6.43. The van der Waals surface area contributed by atoms with Crippen LogP contribution in [-0.4, -0.2) is 23.0 Å². The second-order valence-electron chi connectivity index (χ2n) is 7.20. The van der Waals surface area contributed by atoms with E-state index in [1.807, 2.05) is 43.3 Å². The van der Waals surface area contributed by atoms with Crippen LogP contribution in [0.4, 0.5) is 11.4 Å². The number of nitrogens with one attached hydrogen (secondary N) is 1. The Hall–Kier alpha value is -2.65. The fourth-order valence-electron chi connectivity index (χ4n) is 3.25. The molecule has 5 nitrogen and oxygen atoms in total. The van der Waals surface area contributed by atoms with E-state index in [0.717, 1.165) is 14.0 Å². The summed E-state index contributed by atoms with van der Waals surface area (Å²) >= 11 is 3.55. The second-order valence-corrected chi connectivity index (χ2v) is 9.72. The minimum absolute atomic E-state index is 0.168. The molecule has 1 saturated heterocycles. The van der Waals surface area contributed by atoms with Crippen molar-refractivity contribution in [2.75, 3.05) is 10.2 Å². The lowest BCUT2D eigenvalue weighted by Gasteiger charge is -2.15. The monoisotopic (exact) mass is 542 g/mol. The lowest BCUT2D eigenvalue weighted by Crippen LogP contribution is -2.31. The van der Waals surface area contributed by atoms with Crippen molar-refractivity contribution in [2.24, 2.45) is 0 Å². The number of hydrogen-bond donors (Lipinski definition) is 1. The number of thioether (sulfide) groups is 1. The number of carbonyl (C=O) groups is 3. The summed E-state index contributed by atoms with van der Waals surface area (Å²) in [6, 6.07) is 22.0. The summed E-state index contributed by atoms with van der Waals surface area (Å²) in [7, 11) is 0. The summed E-state index contributed by atoms with van der Waals surface area (Å²) < 4.78 is 1.04. The Morgan fingerprint density at radius 3 is 2.26 bits per heavy atom. The molecule has 0 aromatic heterocycles. The number of halogens is 1. The zero-order chi connectivity index (χ0) is 22.0. The molecule has 1 atom stereocenters. The van der Waals surface area contributed by atoms with Crippen molar-refractivity contribution in [3.05, 3.63) is 87.5 Å². The van der Waals surface area contributed by atoms with Crippen LogP contribution in [0, 0.1) is 10.5 Å². The molecule has 156 valence electrons. The quantitative estimate of drug-likeness (QED) is 0.352. The third-order valence-electron chi connectivity index (χ3n) is 4.89. The smallest absolute Gasteiger partial charge is 0.255 e. The SMILES string of the molecule is Cc1ccc(C(=O)Nc2ccc(SC3CC(=O)N(c4ccc(I)cc4)C3=O)cc2)cc1. The molecule has 1 unspecified atom stereocenters. The van der Waals surface area contributed by atoms with Gasteiger partial charge in [0.15, 0.2) is 0 Å². The van der Waals surface area contributed by atoms with E-state index in [-0.39, 0.29) is 24.1 Å². The Morgan fingerprint density at radius 1 is 0.968 bits per heavy atom. The number of hydrogen-bond acceptors (Lipinski definition) is 4. The van der Waals surface area contributed by atoms with Crippen molar-refractivity contribution < 1.29 is 14.4 Å². The molecule has 0 radical (unpaired) electrons. The molecule has 1 fully saturated rings. The summed E-state index contributed by atoms with van der Waals surface area (Å²) in [6.07, 6.45) is 0.168. The highest BCUT2D eigenvalue weighted by molar-refractivity contribution is 14.1. The van der Waals surface area contributed by atoms with Crippen LogP contribution in [0.15, 0.2) is 77.7 Å². The minimum Gasteiger partial charge on any atom is -0.322 e. The van der Waals surface area contributed by atoms with E-state index >= 15 is 0 Å². The zero-order valence-corrected chi connectivity index (χ0v) is 19.6. The summed E-state index contributed by atoms with van der Waals surface area (Å²) in [4.78, 5) is 39.8. The number of amides is 3. The first kappa shape index (κ1) is 21.6. The molecular formula is C24H19IN2O3S. The highest BCUT2D eigenvalue weighted by Gasteiger charge is 2.40. The summed E-state index contributed by atoms with van der Waals surface area (Å²) in [6.45, 7) is 1.97. The van der Waals surface area contributed by atoms with E-state index in [1.165, 1.54) is 16.7 Å². The number of carbonyl (C=O) groups excluding carboxylic acids is 3. The zero-order valence-electron chi connectivity index (χ0n) is 16.7. The number of benzene rings is 3. The fraction of sp³-hybridized carbons (Fsp3) is 0.125. The molecule has 0 spiro atoms. The average Bonchev–Trinajstić information content (AvgIpc) is 3.03. The van der Waals surface area contributed by atoms with E-state index in [0.29, 0.717) is 16.9 Å². The molecule has 0 aliphatic carbocycles. The van der Waals surface area contributed by atoms with Gasteiger partial charge in [-0.1, -0.05) is 17.7 Å². The van der Waals surface area contributed by atoms with Crippen LogP contribution >= 0.6 is 34.4 Å². The molecule has 0 bridgehead atoms. The van der Waals surface area contributed by atoms with Crippen molar-refractivity contribution in [1.29, 1.82) is 0 Å². The molecule has 3 amide bonds. The predicted octanol–water partition coefficient (Wildman–Crippen LogP) is 5.28. The Balaban J connectivity index is 1.40. The first-order chi connectivity index (χ1) is 14.9. The van der Waals surface area contributed by atoms with Gasteiger partial charge < -0.3 is 5.32 Å². The van der Waals surface area contributed by atoms with Crippen LogP contribution in [0.5, 0.6) is 0 Å². The highest BCUT2D eigenvalue weighted by Crippen LogP contribution is 2.34. The normalized spacial score (nSPS) is 15.9. The first-order valence-corrected chi connectivity index (χ1v) is 11.6. The number of nitrogens with zero attached hydrogens (tertiary/aromatic N) is 1. The molecule has 3 aromatic carbocycles. The summed E-state index contributed by atoms with van der Waals surface area (Å²) in [5, 5.41) is 2.41. The van der Waals surface area contributed by atoms with Crippen LogP contribution in [0.3, 0.4) is 0 Å². The summed E-state index contributed by atoms with van der Waals surface area (Å²) in [5.74, 6) is -0.566. The largest absolute Gasteiger partial charge is 0.322 e. The van der Waals surface area contributed by atoms with Gasteiger partial charge in [0.05, 0.1) is 10.9 Å². The molecule has 31 heavy (non-hydrogen) atoms. The Labute approximate surface area is 198 Å². The van der Waals surface area contributed by atoms with Gasteiger partial charge in [0, 0.05) is 26.1 Å². The molecule has 1 aliphatic heterocycles. The van der Waals surface area contributed by atoms with Crippen LogP contribution in [-0.2, 0) is 9.59 Å².